The van der Waals surface area contributed by atoms with E-state index in [2.05, 4.69) is 0 Å². The SMILES string of the molecule is COC(=O)[C@@H](c1ccccc1)[C@@H](O)c1ccc(OC)cc1. The summed E-state index contributed by atoms with van der Waals surface area (Å²) < 4.78 is 9.92. The molecule has 21 heavy (non-hydrogen) atoms. The maximum absolute atomic E-state index is 12.0. The molecule has 110 valence electrons. The van der Waals surface area contributed by atoms with Crippen LogP contribution in [0.5, 0.6) is 5.75 Å². The molecule has 0 aliphatic carbocycles. The van der Waals surface area contributed by atoms with Crippen LogP contribution in [0, 0.1) is 0 Å². The molecule has 0 spiro atoms. The zero-order valence-corrected chi connectivity index (χ0v) is 12.0. The summed E-state index contributed by atoms with van der Waals surface area (Å²) in [6.07, 6.45) is -0.981. The van der Waals surface area contributed by atoms with E-state index in [1.165, 1.54) is 7.11 Å². The van der Waals surface area contributed by atoms with Gasteiger partial charge in [0.2, 0.25) is 0 Å². The minimum absolute atomic E-state index is 0.468. The number of benzene rings is 2. The van der Waals surface area contributed by atoms with E-state index in [0.29, 0.717) is 16.9 Å². The Bertz CT molecular complexity index is 577. The number of hydrogen-bond donors (Lipinski definition) is 1. The lowest BCUT2D eigenvalue weighted by Gasteiger charge is -2.21. The number of ether oxygens (including phenoxy) is 2. The summed E-state index contributed by atoms with van der Waals surface area (Å²) in [5.74, 6) is -0.533. The molecule has 0 amide bonds. The van der Waals surface area contributed by atoms with Gasteiger partial charge in [-0.1, -0.05) is 42.5 Å². The van der Waals surface area contributed by atoms with E-state index in [1.807, 2.05) is 18.2 Å². The van der Waals surface area contributed by atoms with Crippen molar-refractivity contribution in [3.63, 3.8) is 0 Å². The van der Waals surface area contributed by atoms with Crippen molar-refractivity contribution in [2.24, 2.45) is 0 Å². The first kappa shape index (κ1) is 15.1. The number of carbonyl (C=O) groups is 1. The molecule has 1 N–H and O–H groups in total. The second-order valence-electron chi connectivity index (χ2n) is 4.63. The summed E-state index contributed by atoms with van der Waals surface area (Å²) >= 11 is 0. The number of hydrogen-bond acceptors (Lipinski definition) is 4. The van der Waals surface area contributed by atoms with Crippen LogP contribution in [-0.2, 0) is 9.53 Å². The van der Waals surface area contributed by atoms with Gasteiger partial charge in [-0.3, -0.25) is 4.79 Å². The molecule has 0 aliphatic heterocycles. The topological polar surface area (TPSA) is 55.8 Å². The summed E-state index contributed by atoms with van der Waals surface area (Å²) in [5.41, 5.74) is 1.35. The highest BCUT2D eigenvalue weighted by Gasteiger charge is 2.30. The maximum atomic E-state index is 12.0. The Hall–Kier alpha value is -2.33. The first-order valence-electron chi connectivity index (χ1n) is 6.62. The van der Waals surface area contributed by atoms with Gasteiger partial charge < -0.3 is 14.6 Å². The normalized spacial score (nSPS) is 13.3. The minimum Gasteiger partial charge on any atom is -0.497 e. The highest BCUT2D eigenvalue weighted by molar-refractivity contribution is 5.79. The van der Waals surface area contributed by atoms with Crippen molar-refractivity contribution in [3.8, 4) is 5.75 Å². The summed E-state index contributed by atoms with van der Waals surface area (Å²) in [7, 11) is 2.89. The number of esters is 1. The van der Waals surface area contributed by atoms with Gasteiger partial charge >= 0.3 is 5.97 Å². The lowest BCUT2D eigenvalue weighted by atomic mass is 9.89. The summed E-state index contributed by atoms with van der Waals surface area (Å²) in [4.78, 5) is 12.0. The van der Waals surface area contributed by atoms with Crippen LogP contribution in [0.4, 0.5) is 0 Å². The van der Waals surface area contributed by atoms with E-state index in [4.69, 9.17) is 9.47 Å². The molecule has 0 saturated heterocycles. The molecule has 2 atom stereocenters. The first-order chi connectivity index (χ1) is 10.2. The van der Waals surface area contributed by atoms with Crippen LogP contribution in [0.1, 0.15) is 23.1 Å². The fourth-order valence-electron chi connectivity index (χ4n) is 2.23. The molecule has 0 aromatic heterocycles. The number of methoxy groups -OCH3 is 2. The van der Waals surface area contributed by atoms with E-state index in [-0.39, 0.29) is 0 Å². The lowest BCUT2D eigenvalue weighted by molar-refractivity contribution is -0.145. The number of rotatable bonds is 5. The van der Waals surface area contributed by atoms with Crippen LogP contribution >= 0.6 is 0 Å². The van der Waals surface area contributed by atoms with Gasteiger partial charge in [0, 0.05) is 0 Å². The summed E-state index contributed by atoms with van der Waals surface area (Å²) in [5, 5.41) is 10.6. The van der Waals surface area contributed by atoms with E-state index in [0.717, 1.165) is 0 Å². The highest BCUT2D eigenvalue weighted by atomic mass is 16.5. The van der Waals surface area contributed by atoms with Crippen molar-refractivity contribution in [3.05, 3.63) is 65.7 Å². The van der Waals surface area contributed by atoms with Gasteiger partial charge in [-0.25, -0.2) is 0 Å². The van der Waals surface area contributed by atoms with Gasteiger partial charge in [0.25, 0.3) is 0 Å². The van der Waals surface area contributed by atoms with Crippen molar-refractivity contribution in [2.75, 3.05) is 14.2 Å². The molecule has 2 rings (SSSR count). The molecular formula is C17H18O4. The van der Waals surface area contributed by atoms with E-state index in [9.17, 15) is 9.90 Å². The van der Waals surface area contributed by atoms with Gasteiger partial charge in [-0.15, -0.1) is 0 Å². The third-order valence-corrected chi connectivity index (χ3v) is 3.39. The second-order valence-corrected chi connectivity index (χ2v) is 4.63. The zero-order valence-electron chi connectivity index (χ0n) is 12.0. The first-order valence-corrected chi connectivity index (χ1v) is 6.62. The Morgan fingerprint density at radius 1 is 0.952 bits per heavy atom. The van der Waals surface area contributed by atoms with Crippen molar-refractivity contribution in [2.45, 2.75) is 12.0 Å². The molecule has 0 aliphatic rings. The molecule has 0 heterocycles. The quantitative estimate of drug-likeness (QED) is 0.859. The summed E-state index contributed by atoms with van der Waals surface area (Å²) in [6, 6.07) is 16.1. The fourth-order valence-corrected chi connectivity index (χ4v) is 2.23. The van der Waals surface area contributed by atoms with Crippen molar-refractivity contribution in [1.82, 2.24) is 0 Å². The Labute approximate surface area is 123 Å². The molecule has 4 heteroatoms. The van der Waals surface area contributed by atoms with Crippen LogP contribution in [0.25, 0.3) is 0 Å². The van der Waals surface area contributed by atoms with Crippen molar-refractivity contribution in [1.29, 1.82) is 0 Å². The number of carbonyl (C=O) groups excluding carboxylic acids is 1. The standard InChI is InChI=1S/C17H18O4/c1-20-14-10-8-13(9-11-14)16(18)15(17(19)21-2)12-6-4-3-5-7-12/h3-11,15-16,18H,1-2H3/t15-,16-/m0/s1. The smallest absolute Gasteiger partial charge is 0.316 e. The number of aliphatic hydroxyl groups excluding tert-OH is 1. The van der Waals surface area contributed by atoms with E-state index in [1.54, 1.807) is 43.5 Å². The lowest BCUT2D eigenvalue weighted by Crippen LogP contribution is -2.21. The molecule has 0 bridgehead atoms. The molecule has 0 unspecified atom stereocenters. The molecule has 0 saturated carbocycles. The van der Waals surface area contributed by atoms with Crippen LogP contribution in [0.15, 0.2) is 54.6 Å². The third-order valence-electron chi connectivity index (χ3n) is 3.39. The van der Waals surface area contributed by atoms with Gasteiger partial charge in [-0.05, 0) is 23.3 Å². The Morgan fingerprint density at radius 2 is 1.57 bits per heavy atom. The van der Waals surface area contributed by atoms with Gasteiger partial charge in [0.15, 0.2) is 0 Å². The molecule has 4 nitrogen and oxygen atoms in total. The van der Waals surface area contributed by atoms with Crippen LogP contribution in [0.3, 0.4) is 0 Å². The molecule has 2 aromatic rings. The Kier molecular flexibility index (Phi) is 4.95. The fraction of sp³-hybridized carbons (Fsp3) is 0.235. The van der Waals surface area contributed by atoms with E-state index < -0.39 is 18.0 Å². The van der Waals surface area contributed by atoms with Crippen LogP contribution in [0.2, 0.25) is 0 Å². The Balaban J connectivity index is 2.33. The second kappa shape index (κ2) is 6.90. The zero-order chi connectivity index (χ0) is 15.2. The number of aliphatic hydroxyl groups is 1. The Morgan fingerprint density at radius 3 is 2.10 bits per heavy atom. The largest absolute Gasteiger partial charge is 0.497 e. The third kappa shape index (κ3) is 3.41. The average molecular weight is 286 g/mol. The van der Waals surface area contributed by atoms with E-state index >= 15 is 0 Å². The predicted octanol–water partition coefficient (Wildman–Crippen LogP) is 2.69. The van der Waals surface area contributed by atoms with Crippen LogP contribution < -0.4 is 4.74 Å². The molecule has 2 aromatic carbocycles. The molecule has 0 radical (unpaired) electrons. The average Bonchev–Trinajstić information content (AvgIpc) is 2.55. The minimum atomic E-state index is -0.981. The summed E-state index contributed by atoms with van der Waals surface area (Å²) in [6.45, 7) is 0. The molecular weight excluding hydrogens is 268 g/mol. The van der Waals surface area contributed by atoms with Gasteiger partial charge in [-0.2, -0.15) is 0 Å². The van der Waals surface area contributed by atoms with Gasteiger partial charge in [0.05, 0.1) is 20.3 Å². The van der Waals surface area contributed by atoms with Gasteiger partial charge in [0.1, 0.15) is 11.7 Å². The maximum Gasteiger partial charge on any atom is 0.316 e. The van der Waals surface area contributed by atoms with Crippen molar-refractivity contribution >= 4 is 5.97 Å². The van der Waals surface area contributed by atoms with Crippen molar-refractivity contribution < 1.29 is 19.4 Å². The molecule has 0 fully saturated rings. The monoisotopic (exact) mass is 286 g/mol. The van der Waals surface area contributed by atoms with Crippen LogP contribution in [-0.4, -0.2) is 25.3 Å². The highest BCUT2D eigenvalue weighted by Crippen LogP contribution is 2.32. The predicted molar refractivity (Wildman–Crippen MR) is 79.2 cm³/mol.